The molecule has 0 heterocycles. The zero-order valence-corrected chi connectivity index (χ0v) is 17.1. The van der Waals surface area contributed by atoms with E-state index in [1.54, 1.807) is 13.3 Å². The average Bonchev–Trinajstić information content (AvgIpc) is 2.82. The van der Waals surface area contributed by atoms with E-state index < -0.39 is 0 Å². The fraction of sp³-hybridized carbons (Fsp3) is 0.0769. The molecule has 0 radical (unpaired) electrons. The van der Waals surface area contributed by atoms with Crippen LogP contribution in [0.25, 0.3) is 10.8 Å². The number of nitrogens with zero attached hydrogens (tertiary/aromatic N) is 1. The van der Waals surface area contributed by atoms with E-state index >= 15 is 0 Å². The molecule has 0 atom stereocenters. The number of hydrogen-bond donors (Lipinski definition) is 1. The number of nitrogens with one attached hydrogen (secondary N) is 1. The maximum absolute atomic E-state index is 12.3. The Labute approximate surface area is 181 Å². The normalized spacial score (nSPS) is 10.9. The highest BCUT2D eigenvalue weighted by atomic mass is 16.5. The number of anilines is 1. The minimum absolute atomic E-state index is 0.101. The first-order valence-electron chi connectivity index (χ1n) is 9.90. The van der Waals surface area contributed by atoms with E-state index in [9.17, 15) is 4.79 Å². The summed E-state index contributed by atoms with van der Waals surface area (Å²) in [6.45, 7) is -0.101. The Hall–Kier alpha value is -4.12. The van der Waals surface area contributed by atoms with Crippen molar-refractivity contribution in [1.82, 2.24) is 0 Å². The number of carbonyl (C=O) groups excluding carboxylic acids is 1. The first kappa shape index (κ1) is 20.2. The van der Waals surface area contributed by atoms with Crippen molar-refractivity contribution in [2.75, 3.05) is 19.0 Å². The Morgan fingerprint density at radius 1 is 0.903 bits per heavy atom. The molecule has 31 heavy (non-hydrogen) atoms. The highest BCUT2D eigenvalue weighted by Crippen LogP contribution is 2.28. The molecule has 1 N–H and O–H groups in total. The van der Waals surface area contributed by atoms with Crippen molar-refractivity contribution < 1.29 is 14.3 Å². The monoisotopic (exact) mass is 410 g/mol. The van der Waals surface area contributed by atoms with E-state index in [0.717, 1.165) is 33.5 Å². The SMILES string of the molecule is COc1ccc(N=Cc2c(OCC(=O)Nc3ccccc3)ccc3ccccc23)cc1. The summed E-state index contributed by atoms with van der Waals surface area (Å²) in [6, 6.07) is 28.6. The van der Waals surface area contributed by atoms with Crippen molar-refractivity contribution in [3.8, 4) is 11.5 Å². The number of amides is 1. The molecule has 5 heteroatoms. The predicted octanol–water partition coefficient (Wildman–Crippen LogP) is 5.62. The number of methoxy groups -OCH3 is 1. The quantitative estimate of drug-likeness (QED) is 0.403. The van der Waals surface area contributed by atoms with Gasteiger partial charge in [0, 0.05) is 17.5 Å². The molecule has 0 aliphatic carbocycles. The number of hydrogen-bond acceptors (Lipinski definition) is 4. The van der Waals surface area contributed by atoms with E-state index in [-0.39, 0.29) is 12.5 Å². The minimum atomic E-state index is -0.225. The van der Waals surface area contributed by atoms with E-state index in [1.807, 2.05) is 91.0 Å². The van der Waals surface area contributed by atoms with Crippen LogP contribution in [0.5, 0.6) is 11.5 Å². The highest BCUT2D eigenvalue weighted by Gasteiger charge is 2.10. The van der Waals surface area contributed by atoms with Crippen molar-refractivity contribution in [3.05, 3.63) is 96.6 Å². The standard InChI is InChI=1S/C26H22N2O3/c1-30-22-14-12-20(13-15-22)27-17-24-23-10-6-5-7-19(23)11-16-25(24)31-18-26(29)28-21-8-3-2-4-9-21/h2-17H,18H2,1H3,(H,28,29). The summed E-state index contributed by atoms with van der Waals surface area (Å²) < 4.78 is 11.1. The number of carbonyl (C=O) groups is 1. The molecular formula is C26H22N2O3. The van der Waals surface area contributed by atoms with E-state index in [4.69, 9.17) is 9.47 Å². The molecular weight excluding hydrogens is 388 g/mol. The summed E-state index contributed by atoms with van der Waals surface area (Å²) in [6.07, 6.45) is 1.77. The number of para-hydroxylation sites is 1. The van der Waals surface area contributed by atoms with E-state index in [2.05, 4.69) is 10.3 Å². The predicted molar refractivity (Wildman–Crippen MR) is 125 cm³/mol. The third-order valence-electron chi connectivity index (χ3n) is 4.76. The highest BCUT2D eigenvalue weighted by molar-refractivity contribution is 6.03. The van der Waals surface area contributed by atoms with Gasteiger partial charge in [-0.05, 0) is 53.2 Å². The average molecular weight is 410 g/mol. The Morgan fingerprint density at radius 3 is 2.42 bits per heavy atom. The minimum Gasteiger partial charge on any atom is -0.497 e. The van der Waals surface area contributed by atoms with E-state index in [1.165, 1.54) is 0 Å². The summed E-state index contributed by atoms with van der Waals surface area (Å²) >= 11 is 0. The van der Waals surface area contributed by atoms with Gasteiger partial charge in [0.05, 0.1) is 12.8 Å². The third-order valence-corrected chi connectivity index (χ3v) is 4.76. The Balaban J connectivity index is 1.57. The number of aliphatic imine (C=N–C) groups is 1. The van der Waals surface area contributed by atoms with Crippen LogP contribution in [0.4, 0.5) is 11.4 Å². The molecule has 0 saturated heterocycles. The molecule has 4 aromatic rings. The number of fused-ring (bicyclic) bond motifs is 1. The Morgan fingerprint density at radius 2 is 1.65 bits per heavy atom. The molecule has 0 aliphatic rings. The van der Waals surface area contributed by atoms with Crippen molar-refractivity contribution >= 4 is 34.3 Å². The lowest BCUT2D eigenvalue weighted by Gasteiger charge is -2.12. The molecule has 5 nitrogen and oxygen atoms in total. The van der Waals surface area contributed by atoms with Crippen molar-refractivity contribution in [1.29, 1.82) is 0 Å². The summed E-state index contributed by atoms with van der Waals surface area (Å²) in [7, 11) is 1.63. The van der Waals surface area contributed by atoms with Crippen LogP contribution in [-0.4, -0.2) is 25.8 Å². The van der Waals surface area contributed by atoms with Gasteiger partial charge in [-0.2, -0.15) is 0 Å². The van der Waals surface area contributed by atoms with Crippen LogP contribution in [-0.2, 0) is 4.79 Å². The van der Waals surface area contributed by atoms with Crippen LogP contribution in [0.15, 0.2) is 96.0 Å². The molecule has 0 bridgehead atoms. The van der Waals surface area contributed by atoms with Crippen molar-refractivity contribution in [2.24, 2.45) is 4.99 Å². The van der Waals surface area contributed by atoms with Crippen LogP contribution in [0.1, 0.15) is 5.56 Å². The topological polar surface area (TPSA) is 59.9 Å². The van der Waals surface area contributed by atoms with Gasteiger partial charge in [-0.25, -0.2) is 0 Å². The molecule has 154 valence electrons. The summed E-state index contributed by atoms with van der Waals surface area (Å²) in [5, 5.41) is 4.90. The molecule has 1 amide bonds. The zero-order chi connectivity index (χ0) is 21.5. The largest absolute Gasteiger partial charge is 0.497 e. The summed E-state index contributed by atoms with van der Waals surface area (Å²) in [4.78, 5) is 16.9. The summed E-state index contributed by atoms with van der Waals surface area (Å²) in [5.41, 5.74) is 2.35. The fourth-order valence-corrected chi connectivity index (χ4v) is 3.20. The van der Waals surface area contributed by atoms with Crippen LogP contribution >= 0.6 is 0 Å². The molecule has 0 unspecified atom stereocenters. The summed E-state index contributed by atoms with van der Waals surface area (Å²) in [5.74, 6) is 1.15. The van der Waals surface area contributed by atoms with Gasteiger partial charge in [-0.3, -0.25) is 9.79 Å². The lowest BCUT2D eigenvalue weighted by molar-refractivity contribution is -0.118. The van der Waals surface area contributed by atoms with Crippen LogP contribution in [0.3, 0.4) is 0 Å². The maximum Gasteiger partial charge on any atom is 0.262 e. The number of benzene rings is 4. The van der Waals surface area contributed by atoms with Crippen LogP contribution in [0.2, 0.25) is 0 Å². The molecule has 0 spiro atoms. The first-order chi connectivity index (χ1) is 15.2. The fourth-order valence-electron chi connectivity index (χ4n) is 3.20. The first-order valence-corrected chi connectivity index (χ1v) is 9.90. The van der Waals surface area contributed by atoms with Crippen molar-refractivity contribution in [2.45, 2.75) is 0 Å². The number of ether oxygens (including phenoxy) is 2. The lowest BCUT2D eigenvalue weighted by Crippen LogP contribution is -2.20. The number of rotatable bonds is 7. The van der Waals surface area contributed by atoms with Gasteiger partial charge < -0.3 is 14.8 Å². The maximum atomic E-state index is 12.3. The second-order valence-electron chi connectivity index (χ2n) is 6.86. The second kappa shape index (κ2) is 9.59. The molecule has 0 aromatic heterocycles. The van der Waals surface area contributed by atoms with Gasteiger partial charge >= 0.3 is 0 Å². The Bertz CT molecular complexity index is 1200. The lowest BCUT2D eigenvalue weighted by atomic mass is 10.0. The molecule has 4 rings (SSSR count). The van der Waals surface area contributed by atoms with E-state index in [0.29, 0.717) is 5.75 Å². The molecule has 0 saturated carbocycles. The molecule has 0 fully saturated rings. The zero-order valence-electron chi connectivity index (χ0n) is 17.1. The third kappa shape index (κ3) is 5.08. The smallest absolute Gasteiger partial charge is 0.262 e. The van der Waals surface area contributed by atoms with Gasteiger partial charge in [0.1, 0.15) is 11.5 Å². The second-order valence-corrected chi connectivity index (χ2v) is 6.86. The molecule has 4 aromatic carbocycles. The van der Waals surface area contributed by atoms with Crippen LogP contribution in [0, 0.1) is 0 Å². The van der Waals surface area contributed by atoms with Gasteiger partial charge in [0.2, 0.25) is 0 Å². The van der Waals surface area contributed by atoms with Gasteiger partial charge in [0.15, 0.2) is 6.61 Å². The van der Waals surface area contributed by atoms with Gasteiger partial charge in [-0.1, -0.05) is 48.5 Å². The van der Waals surface area contributed by atoms with Crippen molar-refractivity contribution in [3.63, 3.8) is 0 Å². The van der Waals surface area contributed by atoms with Crippen LogP contribution < -0.4 is 14.8 Å². The van der Waals surface area contributed by atoms with Gasteiger partial charge in [0.25, 0.3) is 5.91 Å². The van der Waals surface area contributed by atoms with Gasteiger partial charge in [-0.15, -0.1) is 0 Å². The molecule has 0 aliphatic heterocycles. The Kier molecular flexibility index (Phi) is 6.24.